The van der Waals surface area contributed by atoms with E-state index in [0.29, 0.717) is 25.9 Å². The van der Waals surface area contributed by atoms with Crippen LogP contribution in [0.1, 0.15) is 36.8 Å². The Morgan fingerprint density at radius 3 is 2.62 bits per heavy atom. The predicted octanol–water partition coefficient (Wildman–Crippen LogP) is 3.46. The highest BCUT2D eigenvalue weighted by Crippen LogP contribution is 2.33. The molecule has 4 rings (SSSR count). The number of likely N-dealkylation sites (tertiary alicyclic amines) is 1. The molecular formula is C23H27FN2O3. The lowest BCUT2D eigenvalue weighted by Gasteiger charge is -2.38. The second-order valence-electron chi connectivity index (χ2n) is 7.95. The lowest BCUT2D eigenvalue weighted by Crippen LogP contribution is -2.43. The minimum Gasteiger partial charge on any atom is -0.494 e. The van der Waals surface area contributed by atoms with E-state index < -0.39 is 5.60 Å². The summed E-state index contributed by atoms with van der Waals surface area (Å²) in [5.41, 5.74) is 1.94. The Kier molecular flexibility index (Phi) is 5.83. The predicted molar refractivity (Wildman–Crippen MR) is 109 cm³/mol. The largest absolute Gasteiger partial charge is 0.494 e. The number of hydrogen-bond acceptors (Lipinski definition) is 4. The number of aryl methyl sites for hydroxylation is 1. The third-order valence-electron chi connectivity index (χ3n) is 5.92. The van der Waals surface area contributed by atoms with Crippen molar-refractivity contribution < 1.29 is 19.0 Å². The number of ether oxygens (including phenoxy) is 1. The summed E-state index contributed by atoms with van der Waals surface area (Å²) in [6.07, 6.45) is 3.48. The molecule has 2 aromatic rings. The number of fused-ring (bicyclic) bond motifs is 1. The Morgan fingerprint density at radius 2 is 1.86 bits per heavy atom. The molecule has 2 aliphatic heterocycles. The van der Waals surface area contributed by atoms with E-state index in [4.69, 9.17) is 4.74 Å². The van der Waals surface area contributed by atoms with Gasteiger partial charge >= 0.3 is 0 Å². The number of carbonyl (C=O) groups excluding carboxylic acids is 1. The maximum atomic E-state index is 13.1. The van der Waals surface area contributed by atoms with E-state index in [1.165, 1.54) is 12.1 Å². The molecule has 2 aromatic carbocycles. The Balaban J connectivity index is 1.20. The molecule has 2 N–H and O–H groups in total. The van der Waals surface area contributed by atoms with Crippen LogP contribution in [0.15, 0.2) is 42.5 Å². The molecule has 0 unspecified atom stereocenters. The molecule has 0 spiro atoms. The lowest BCUT2D eigenvalue weighted by molar-refractivity contribution is -0.116. The van der Waals surface area contributed by atoms with Crippen LogP contribution < -0.4 is 10.1 Å². The molecule has 2 aliphatic rings. The fourth-order valence-electron chi connectivity index (χ4n) is 4.12. The molecule has 1 saturated heterocycles. The molecule has 0 aromatic heterocycles. The lowest BCUT2D eigenvalue weighted by atomic mass is 9.84. The summed E-state index contributed by atoms with van der Waals surface area (Å²) in [6, 6.07) is 12.0. The van der Waals surface area contributed by atoms with Crippen LogP contribution in [-0.2, 0) is 16.8 Å². The van der Waals surface area contributed by atoms with Gasteiger partial charge in [0.05, 0.1) is 12.2 Å². The van der Waals surface area contributed by atoms with Crippen molar-refractivity contribution in [2.45, 2.75) is 37.7 Å². The van der Waals surface area contributed by atoms with Gasteiger partial charge in [-0.05, 0) is 67.1 Å². The van der Waals surface area contributed by atoms with Gasteiger partial charge in [0.25, 0.3) is 0 Å². The number of piperidine rings is 1. The zero-order chi connectivity index (χ0) is 20.3. The minimum absolute atomic E-state index is 0.0685. The van der Waals surface area contributed by atoms with Crippen molar-refractivity contribution in [3.05, 3.63) is 59.4 Å². The number of aliphatic hydroxyl groups is 1. The Morgan fingerprint density at radius 1 is 1.10 bits per heavy atom. The summed E-state index contributed by atoms with van der Waals surface area (Å²) < 4.78 is 19.0. The molecule has 0 aliphatic carbocycles. The first kappa shape index (κ1) is 19.9. The Bertz CT molecular complexity index is 861. The molecule has 6 heteroatoms. The zero-order valence-corrected chi connectivity index (χ0v) is 16.5. The van der Waals surface area contributed by atoms with E-state index >= 15 is 0 Å². The van der Waals surface area contributed by atoms with Crippen molar-refractivity contribution in [3.8, 4) is 5.75 Å². The summed E-state index contributed by atoms with van der Waals surface area (Å²) in [5, 5.41) is 13.8. The van der Waals surface area contributed by atoms with Crippen molar-refractivity contribution in [1.82, 2.24) is 4.90 Å². The van der Waals surface area contributed by atoms with Gasteiger partial charge in [0, 0.05) is 31.7 Å². The molecule has 154 valence electrons. The van der Waals surface area contributed by atoms with Crippen LogP contribution in [0.3, 0.4) is 0 Å². The molecule has 0 atom stereocenters. The van der Waals surface area contributed by atoms with Crippen LogP contribution in [0.5, 0.6) is 5.75 Å². The number of amides is 1. The number of anilines is 1. The highest BCUT2D eigenvalue weighted by molar-refractivity contribution is 5.93. The van der Waals surface area contributed by atoms with Crippen molar-refractivity contribution in [2.75, 3.05) is 31.6 Å². The molecule has 0 saturated carbocycles. The number of carbonyl (C=O) groups is 1. The maximum absolute atomic E-state index is 13.1. The molecule has 0 radical (unpaired) electrons. The fraction of sp³-hybridized carbons (Fsp3) is 0.435. The van der Waals surface area contributed by atoms with E-state index in [0.717, 1.165) is 55.0 Å². The van der Waals surface area contributed by atoms with Gasteiger partial charge < -0.3 is 20.1 Å². The van der Waals surface area contributed by atoms with Crippen molar-refractivity contribution in [2.24, 2.45) is 0 Å². The van der Waals surface area contributed by atoms with E-state index in [1.54, 1.807) is 12.1 Å². The van der Waals surface area contributed by atoms with Crippen LogP contribution in [0.4, 0.5) is 10.1 Å². The average Bonchev–Trinajstić information content (AvgIpc) is 2.73. The number of nitrogens with zero attached hydrogens (tertiary/aromatic N) is 1. The number of rotatable bonds is 6. The van der Waals surface area contributed by atoms with Gasteiger partial charge in [0.2, 0.25) is 5.91 Å². The van der Waals surface area contributed by atoms with E-state index in [9.17, 15) is 14.3 Å². The average molecular weight is 398 g/mol. The monoisotopic (exact) mass is 398 g/mol. The van der Waals surface area contributed by atoms with E-state index in [2.05, 4.69) is 10.2 Å². The first-order chi connectivity index (χ1) is 14.0. The fourth-order valence-corrected chi connectivity index (χ4v) is 4.12. The number of nitrogens with one attached hydrogen (secondary N) is 1. The molecule has 29 heavy (non-hydrogen) atoms. The molecule has 1 amide bonds. The van der Waals surface area contributed by atoms with Gasteiger partial charge in [-0.15, -0.1) is 0 Å². The second-order valence-corrected chi connectivity index (χ2v) is 7.95. The maximum Gasteiger partial charge on any atom is 0.224 e. The molecule has 5 nitrogen and oxygen atoms in total. The third kappa shape index (κ3) is 4.77. The normalized spacial score (nSPS) is 18.8. The molecule has 2 heterocycles. The molecule has 0 bridgehead atoms. The van der Waals surface area contributed by atoms with Crippen molar-refractivity contribution in [3.63, 3.8) is 0 Å². The first-order valence-corrected chi connectivity index (χ1v) is 10.3. The summed E-state index contributed by atoms with van der Waals surface area (Å²) in [7, 11) is 0. The smallest absolute Gasteiger partial charge is 0.224 e. The van der Waals surface area contributed by atoms with Crippen molar-refractivity contribution in [1.29, 1.82) is 0 Å². The summed E-state index contributed by atoms with van der Waals surface area (Å²) in [4.78, 5) is 13.8. The Hall–Kier alpha value is -2.44. The SMILES string of the molecule is O=C1CCc2cc(OCCCN3CCC(O)(c4ccc(F)cc4)CC3)ccc2N1. The third-order valence-corrected chi connectivity index (χ3v) is 5.92. The van der Waals surface area contributed by atoms with Gasteiger partial charge in [-0.1, -0.05) is 12.1 Å². The second kappa shape index (κ2) is 8.51. The van der Waals surface area contributed by atoms with Crippen LogP contribution >= 0.6 is 0 Å². The first-order valence-electron chi connectivity index (χ1n) is 10.3. The van der Waals surface area contributed by atoms with Gasteiger partial charge in [0.1, 0.15) is 11.6 Å². The number of benzene rings is 2. The highest BCUT2D eigenvalue weighted by Gasteiger charge is 2.33. The quantitative estimate of drug-likeness (QED) is 0.732. The van der Waals surface area contributed by atoms with E-state index in [1.807, 2.05) is 18.2 Å². The van der Waals surface area contributed by atoms with Gasteiger partial charge in [-0.2, -0.15) is 0 Å². The van der Waals surface area contributed by atoms with Crippen molar-refractivity contribution >= 4 is 11.6 Å². The van der Waals surface area contributed by atoms with Gasteiger partial charge in [-0.3, -0.25) is 4.79 Å². The van der Waals surface area contributed by atoms with E-state index in [-0.39, 0.29) is 11.7 Å². The summed E-state index contributed by atoms with van der Waals surface area (Å²) in [6.45, 7) is 3.17. The Labute approximate surface area is 170 Å². The minimum atomic E-state index is -0.862. The number of hydrogen-bond donors (Lipinski definition) is 2. The number of halogens is 1. The summed E-state index contributed by atoms with van der Waals surface area (Å²) >= 11 is 0. The van der Waals surface area contributed by atoms with Crippen LogP contribution in [0, 0.1) is 5.82 Å². The highest BCUT2D eigenvalue weighted by atomic mass is 19.1. The van der Waals surface area contributed by atoms with Crippen LogP contribution in [0.25, 0.3) is 0 Å². The van der Waals surface area contributed by atoms with Gasteiger partial charge in [-0.25, -0.2) is 4.39 Å². The molecule has 1 fully saturated rings. The topological polar surface area (TPSA) is 61.8 Å². The summed E-state index contributed by atoms with van der Waals surface area (Å²) in [5.74, 6) is 0.627. The molecular weight excluding hydrogens is 371 g/mol. The van der Waals surface area contributed by atoms with Crippen LogP contribution in [-0.4, -0.2) is 42.2 Å². The van der Waals surface area contributed by atoms with Gasteiger partial charge in [0.15, 0.2) is 0 Å². The standard InChI is InChI=1S/C23H27FN2O3/c24-19-5-3-18(4-6-19)23(28)10-13-26(14-11-23)12-1-15-29-20-7-8-21-17(16-20)2-9-22(27)25-21/h3-8,16,28H,1-2,9-15H2,(H,25,27). The zero-order valence-electron chi connectivity index (χ0n) is 16.5. The van der Waals surface area contributed by atoms with Crippen LogP contribution in [0.2, 0.25) is 0 Å².